The van der Waals surface area contributed by atoms with E-state index in [0.29, 0.717) is 23.4 Å². The van der Waals surface area contributed by atoms with E-state index in [0.717, 1.165) is 24.3 Å². The van der Waals surface area contributed by atoms with Crippen molar-refractivity contribution in [2.75, 3.05) is 23.8 Å². The highest BCUT2D eigenvalue weighted by Crippen LogP contribution is 2.28. The van der Waals surface area contributed by atoms with Crippen LogP contribution < -0.4 is 15.8 Å². The van der Waals surface area contributed by atoms with E-state index in [9.17, 15) is 18.2 Å². The summed E-state index contributed by atoms with van der Waals surface area (Å²) in [4.78, 5) is 26.0. The molecule has 2 heterocycles. The molecule has 0 radical (unpaired) electrons. The van der Waals surface area contributed by atoms with Gasteiger partial charge in [-0.05, 0) is 41.7 Å². The van der Waals surface area contributed by atoms with E-state index in [1.165, 1.54) is 6.07 Å². The molecule has 0 aliphatic carbocycles. The number of para-hydroxylation sites is 1. The molecule has 11 heteroatoms. The highest BCUT2D eigenvalue weighted by atomic mass is 32.2. The Labute approximate surface area is 200 Å². The molecule has 2 atom stereocenters. The molecule has 182 valence electrons. The fourth-order valence-electron chi connectivity index (χ4n) is 3.92. The molecule has 2 unspecified atom stereocenters. The zero-order valence-electron chi connectivity index (χ0n) is 19.2. The number of halogens is 1. The minimum Gasteiger partial charge on any atom is -0.353 e. The molecule has 1 aliphatic heterocycles. The summed E-state index contributed by atoms with van der Waals surface area (Å²) in [6.45, 7) is 6.17. The Morgan fingerprint density at radius 2 is 2.03 bits per heavy atom. The second kappa shape index (κ2) is 11.0. The van der Waals surface area contributed by atoms with Gasteiger partial charge in [-0.15, -0.1) is 0 Å². The van der Waals surface area contributed by atoms with Crippen LogP contribution in [0.3, 0.4) is 0 Å². The van der Waals surface area contributed by atoms with Gasteiger partial charge in [0, 0.05) is 18.5 Å². The summed E-state index contributed by atoms with van der Waals surface area (Å²) in [5.41, 5.74) is -0.201. The molecule has 0 bridgehead atoms. The van der Waals surface area contributed by atoms with Crippen LogP contribution in [0, 0.1) is 17.2 Å². The van der Waals surface area contributed by atoms with E-state index < -0.39 is 40.1 Å². The second-order valence-corrected chi connectivity index (χ2v) is 11.8. The zero-order chi connectivity index (χ0) is 24.2. The lowest BCUT2D eigenvalue weighted by molar-refractivity contribution is -0.125. The maximum atomic E-state index is 14.8. The zero-order valence-corrected chi connectivity index (χ0v) is 20.9. The molecule has 1 aliphatic rings. The van der Waals surface area contributed by atoms with E-state index in [1.54, 1.807) is 16.8 Å². The first-order chi connectivity index (χ1) is 15.6. The second-order valence-electron chi connectivity index (χ2n) is 9.37. The van der Waals surface area contributed by atoms with Crippen LogP contribution in [-0.4, -0.2) is 55.6 Å². The Morgan fingerprint density at radius 1 is 1.33 bits per heavy atom. The number of carbonyl (C=O) groups excluding carboxylic acids is 2. The monoisotopic (exact) mass is 497 g/mol. The van der Waals surface area contributed by atoms with E-state index in [-0.39, 0.29) is 18.0 Å². The molecular weight excluding hydrogens is 465 g/mol. The lowest BCUT2D eigenvalue weighted by Crippen LogP contribution is -2.54. The van der Waals surface area contributed by atoms with Crippen molar-refractivity contribution in [3.63, 3.8) is 0 Å². The topological polar surface area (TPSA) is 119 Å². The Bertz CT molecular complexity index is 1030. The summed E-state index contributed by atoms with van der Waals surface area (Å²) in [6, 6.07) is 3.72. The summed E-state index contributed by atoms with van der Waals surface area (Å²) in [5.74, 6) is 1.26. The maximum absolute atomic E-state index is 14.8. The van der Waals surface area contributed by atoms with Gasteiger partial charge in [-0.25, -0.2) is 8.60 Å². The van der Waals surface area contributed by atoms with E-state index >= 15 is 0 Å². The number of carbonyl (C=O) groups is 2. The van der Waals surface area contributed by atoms with Gasteiger partial charge in [-0.2, -0.15) is 16.9 Å². The van der Waals surface area contributed by atoms with E-state index in [1.807, 2.05) is 32.5 Å². The lowest BCUT2D eigenvalue weighted by Gasteiger charge is -2.30. The third-order valence-electron chi connectivity index (χ3n) is 5.71. The van der Waals surface area contributed by atoms with Gasteiger partial charge in [0.25, 0.3) is 5.91 Å². The fourth-order valence-corrected chi connectivity index (χ4v) is 5.43. The van der Waals surface area contributed by atoms with E-state index in [2.05, 4.69) is 15.7 Å². The average molecular weight is 498 g/mol. The van der Waals surface area contributed by atoms with Crippen LogP contribution in [0.1, 0.15) is 44.1 Å². The van der Waals surface area contributed by atoms with Crippen LogP contribution >= 0.6 is 11.8 Å². The number of nitrogens with one attached hydrogen (secondary N) is 2. The molecule has 0 spiro atoms. The third-order valence-corrected chi connectivity index (χ3v) is 7.37. The van der Waals surface area contributed by atoms with Gasteiger partial charge >= 0.3 is 0 Å². The molecule has 1 fully saturated rings. The summed E-state index contributed by atoms with van der Waals surface area (Å²) < 4.78 is 27.4. The summed E-state index contributed by atoms with van der Waals surface area (Å²) in [5, 5.41) is 15.6. The van der Waals surface area contributed by atoms with Gasteiger partial charge < -0.3 is 10.6 Å². The smallest absolute Gasteiger partial charge is 0.273 e. The molecule has 8 nitrogen and oxygen atoms in total. The van der Waals surface area contributed by atoms with Crippen LogP contribution in [0.4, 0.5) is 4.39 Å². The molecule has 2 amide bonds. The summed E-state index contributed by atoms with van der Waals surface area (Å²) in [7, 11) is -1.53. The lowest BCUT2D eigenvalue weighted by atomic mass is 9.86. The minimum atomic E-state index is -1.53. The first kappa shape index (κ1) is 25.6. The minimum absolute atomic E-state index is 0.0970. The number of amides is 2. The van der Waals surface area contributed by atoms with Crippen molar-refractivity contribution in [2.24, 2.45) is 16.5 Å². The van der Waals surface area contributed by atoms with Crippen LogP contribution in [0.25, 0.3) is 10.9 Å². The Kier molecular flexibility index (Phi) is 8.52. The van der Waals surface area contributed by atoms with Gasteiger partial charge in [0.05, 0.1) is 16.7 Å². The van der Waals surface area contributed by atoms with Crippen molar-refractivity contribution >= 4 is 45.5 Å². The van der Waals surface area contributed by atoms with E-state index in [4.69, 9.17) is 5.14 Å². The highest BCUT2D eigenvalue weighted by Gasteiger charge is 2.34. The van der Waals surface area contributed by atoms with Crippen molar-refractivity contribution in [3.05, 3.63) is 29.7 Å². The van der Waals surface area contributed by atoms with Crippen LogP contribution in [0.5, 0.6) is 0 Å². The molecule has 2 aromatic rings. The Balaban J connectivity index is 1.86. The SMILES string of the molecule is CC(C)(C)C(NC(=O)c1nn(CC2CCSCC2)c2c(F)cccc12)C(=O)NCCS(N)=O. The van der Waals surface area contributed by atoms with Crippen LogP contribution in [0.15, 0.2) is 18.2 Å². The van der Waals surface area contributed by atoms with Gasteiger partial charge in [0.2, 0.25) is 5.91 Å². The largest absolute Gasteiger partial charge is 0.353 e. The van der Waals surface area contributed by atoms with Crippen LogP contribution in [0.2, 0.25) is 0 Å². The van der Waals surface area contributed by atoms with Crippen molar-refractivity contribution in [1.29, 1.82) is 0 Å². The normalized spacial score (nSPS) is 17.0. The molecule has 3 rings (SSSR count). The van der Waals surface area contributed by atoms with Crippen molar-refractivity contribution in [3.8, 4) is 0 Å². The van der Waals surface area contributed by atoms with Gasteiger partial charge in [0.1, 0.15) is 17.4 Å². The number of rotatable bonds is 8. The van der Waals surface area contributed by atoms with Crippen molar-refractivity contribution in [2.45, 2.75) is 46.2 Å². The number of hydrogen-bond donors (Lipinski definition) is 3. The first-order valence-electron chi connectivity index (χ1n) is 11.0. The Hall–Kier alpha value is -1.98. The number of thioether (sulfide) groups is 1. The van der Waals surface area contributed by atoms with Gasteiger partial charge in [-0.3, -0.25) is 19.4 Å². The molecule has 4 N–H and O–H groups in total. The standard InChI is InChI=1S/C22H32FN5O3S2/c1-22(2,3)19(21(30)25-9-12-33(24)31)26-20(29)17-15-5-4-6-16(23)18(15)28(27-17)13-14-7-10-32-11-8-14/h4-6,14,19H,7-13,24H2,1-3H3,(H,25,30)(H,26,29). The molecule has 1 aromatic carbocycles. The van der Waals surface area contributed by atoms with Gasteiger partial charge in [-0.1, -0.05) is 32.9 Å². The number of nitrogens with zero attached hydrogens (tertiary/aromatic N) is 2. The summed E-state index contributed by atoms with van der Waals surface area (Å²) in [6.07, 6.45) is 2.06. The average Bonchev–Trinajstić information content (AvgIpc) is 3.11. The Morgan fingerprint density at radius 3 is 2.67 bits per heavy atom. The highest BCUT2D eigenvalue weighted by molar-refractivity contribution is 7.99. The summed E-state index contributed by atoms with van der Waals surface area (Å²) >= 11 is 1.92. The molecule has 33 heavy (non-hydrogen) atoms. The van der Waals surface area contributed by atoms with Crippen molar-refractivity contribution in [1.82, 2.24) is 20.4 Å². The number of aromatic nitrogens is 2. The predicted molar refractivity (Wildman–Crippen MR) is 131 cm³/mol. The molecule has 1 saturated heterocycles. The first-order valence-corrected chi connectivity index (χ1v) is 13.6. The maximum Gasteiger partial charge on any atom is 0.273 e. The number of nitrogens with two attached hydrogens (primary N) is 1. The molecule has 0 saturated carbocycles. The number of hydrogen-bond acceptors (Lipinski definition) is 5. The number of benzene rings is 1. The molecule has 1 aromatic heterocycles. The predicted octanol–water partition coefficient (Wildman–Crippen LogP) is 2.20. The van der Waals surface area contributed by atoms with Gasteiger partial charge in [0.15, 0.2) is 5.69 Å². The fraction of sp³-hybridized carbons (Fsp3) is 0.591. The number of fused-ring (bicyclic) bond motifs is 1. The third kappa shape index (κ3) is 6.54. The van der Waals surface area contributed by atoms with Crippen LogP contribution in [-0.2, 0) is 22.3 Å². The quantitative estimate of drug-likeness (QED) is 0.517. The molecular formula is C22H32FN5O3S2. The van der Waals surface area contributed by atoms with Crippen molar-refractivity contribution < 1.29 is 18.2 Å².